The quantitative estimate of drug-likeness (QED) is 0.539. The number of carbonyl (C=O) groups is 1. The lowest BCUT2D eigenvalue weighted by Gasteiger charge is -2.05. The highest BCUT2D eigenvalue weighted by Crippen LogP contribution is 2.27. The lowest BCUT2D eigenvalue weighted by Crippen LogP contribution is -2.15. The molecule has 0 aliphatic carbocycles. The standard InChI is InChI=1S/C21H20N4O2S/c1-4-14-7-9-15(10-8-14)16-12-28-21(23-16)24-20(26)18-13(2)22-19-17(27-3)6-5-11-25(18)19/h5-12H,4H2,1-3H3,(H,23,24,26). The van der Waals surface area contributed by atoms with E-state index >= 15 is 0 Å². The van der Waals surface area contributed by atoms with Crippen LogP contribution in [0.15, 0.2) is 48.0 Å². The van der Waals surface area contributed by atoms with E-state index in [9.17, 15) is 4.79 Å². The number of aromatic nitrogens is 3. The van der Waals surface area contributed by atoms with Crippen molar-refractivity contribution < 1.29 is 9.53 Å². The predicted octanol–water partition coefficient (Wildman–Crippen LogP) is 4.59. The van der Waals surface area contributed by atoms with Crippen LogP contribution in [0, 0.1) is 6.92 Å². The third kappa shape index (κ3) is 3.25. The second-order valence-electron chi connectivity index (χ2n) is 6.36. The van der Waals surface area contributed by atoms with Gasteiger partial charge in [0.05, 0.1) is 18.5 Å². The molecule has 0 radical (unpaired) electrons. The van der Waals surface area contributed by atoms with E-state index in [0.717, 1.165) is 17.7 Å². The van der Waals surface area contributed by atoms with Crippen molar-refractivity contribution in [2.24, 2.45) is 0 Å². The molecule has 3 heterocycles. The van der Waals surface area contributed by atoms with Crippen molar-refractivity contribution in [3.05, 3.63) is 64.9 Å². The summed E-state index contributed by atoms with van der Waals surface area (Å²) in [5.74, 6) is 0.372. The van der Waals surface area contributed by atoms with Gasteiger partial charge in [0.1, 0.15) is 5.69 Å². The van der Waals surface area contributed by atoms with Crippen LogP contribution in [-0.4, -0.2) is 27.4 Å². The van der Waals surface area contributed by atoms with Crippen LogP contribution in [0.3, 0.4) is 0 Å². The molecule has 0 atom stereocenters. The van der Waals surface area contributed by atoms with Gasteiger partial charge in [0.2, 0.25) is 0 Å². The minimum absolute atomic E-state index is 0.250. The molecule has 1 aromatic carbocycles. The van der Waals surface area contributed by atoms with Gasteiger partial charge in [-0.3, -0.25) is 14.5 Å². The fourth-order valence-corrected chi connectivity index (χ4v) is 3.83. The number of anilines is 1. The van der Waals surface area contributed by atoms with Crippen molar-refractivity contribution in [1.29, 1.82) is 0 Å². The predicted molar refractivity (Wildman–Crippen MR) is 111 cm³/mol. The number of nitrogens with one attached hydrogen (secondary N) is 1. The fraction of sp³-hybridized carbons (Fsp3) is 0.190. The van der Waals surface area contributed by atoms with Crippen LogP contribution in [-0.2, 0) is 6.42 Å². The number of rotatable bonds is 5. The van der Waals surface area contributed by atoms with Crippen molar-refractivity contribution in [2.75, 3.05) is 12.4 Å². The summed E-state index contributed by atoms with van der Waals surface area (Å²) in [6, 6.07) is 12.0. The number of amides is 1. The summed E-state index contributed by atoms with van der Waals surface area (Å²) in [5.41, 5.74) is 4.88. The Bertz CT molecular complexity index is 1150. The molecule has 7 heteroatoms. The molecule has 3 aromatic heterocycles. The van der Waals surface area contributed by atoms with Gasteiger partial charge in [-0.25, -0.2) is 9.97 Å². The van der Waals surface area contributed by atoms with Crippen molar-refractivity contribution >= 4 is 28.0 Å². The van der Waals surface area contributed by atoms with Crippen molar-refractivity contribution in [1.82, 2.24) is 14.4 Å². The lowest BCUT2D eigenvalue weighted by atomic mass is 10.1. The van der Waals surface area contributed by atoms with Crippen LogP contribution in [0.4, 0.5) is 5.13 Å². The minimum atomic E-state index is -0.250. The Morgan fingerprint density at radius 3 is 2.71 bits per heavy atom. The average Bonchev–Trinajstić information content (AvgIpc) is 3.31. The SMILES string of the molecule is CCc1ccc(-c2csc(NC(=O)c3c(C)nc4c(OC)cccn34)n2)cc1. The third-order valence-corrected chi connectivity index (χ3v) is 5.36. The maximum absolute atomic E-state index is 12.9. The molecule has 28 heavy (non-hydrogen) atoms. The minimum Gasteiger partial charge on any atom is -0.493 e. The van der Waals surface area contributed by atoms with E-state index in [1.54, 1.807) is 17.7 Å². The number of thiazole rings is 1. The molecule has 0 unspecified atom stereocenters. The maximum Gasteiger partial charge on any atom is 0.276 e. The molecule has 142 valence electrons. The Balaban J connectivity index is 1.60. The van der Waals surface area contributed by atoms with Crippen LogP contribution in [0.5, 0.6) is 5.75 Å². The van der Waals surface area contributed by atoms with Gasteiger partial charge >= 0.3 is 0 Å². The zero-order valence-corrected chi connectivity index (χ0v) is 16.7. The summed E-state index contributed by atoms with van der Waals surface area (Å²) in [6.07, 6.45) is 2.80. The lowest BCUT2D eigenvalue weighted by molar-refractivity contribution is 0.102. The number of fused-ring (bicyclic) bond motifs is 1. The van der Waals surface area contributed by atoms with E-state index in [1.807, 2.05) is 24.4 Å². The first kappa shape index (κ1) is 18.2. The summed E-state index contributed by atoms with van der Waals surface area (Å²) in [5, 5.41) is 5.39. The molecule has 0 fully saturated rings. The van der Waals surface area contributed by atoms with Gasteiger partial charge in [-0.1, -0.05) is 31.2 Å². The Morgan fingerprint density at radius 2 is 2.00 bits per heavy atom. The van der Waals surface area contributed by atoms with Gasteiger partial charge in [-0.2, -0.15) is 0 Å². The van der Waals surface area contributed by atoms with Crippen LogP contribution < -0.4 is 10.1 Å². The van der Waals surface area contributed by atoms with E-state index in [1.165, 1.54) is 16.9 Å². The second-order valence-corrected chi connectivity index (χ2v) is 7.22. The molecule has 6 nitrogen and oxygen atoms in total. The molecule has 0 saturated carbocycles. The van der Waals surface area contributed by atoms with Gasteiger partial charge in [0, 0.05) is 17.1 Å². The molecule has 0 aliphatic rings. The third-order valence-electron chi connectivity index (χ3n) is 4.61. The van der Waals surface area contributed by atoms with Gasteiger partial charge < -0.3 is 4.74 Å². The molecule has 0 saturated heterocycles. The molecule has 1 amide bonds. The first-order valence-corrected chi connectivity index (χ1v) is 9.86. The zero-order valence-electron chi connectivity index (χ0n) is 15.9. The molecule has 4 aromatic rings. The normalized spacial score (nSPS) is 11.0. The molecule has 4 rings (SSSR count). The monoisotopic (exact) mass is 392 g/mol. The Kier molecular flexibility index (Phi) is 4.83. The number of methoxy groups -OCH3 is 1. The molecule has 1 N–H and O–H groups in total. The maximum atomic E-state index is 12.9. The number of aryl methyl sites for hydroxylation is 2. The second kappa shape index (κ2) is 7.44. The highest BCUT2D eigenvalue weighted by molar-refractivity contribution is 7.14. The molecule has 0 bridgehead atoms. The van der Waals surface area contributed by atoms with Gasteiger partial charge in [-0.15, -0.1) is 11.3 Å². The van der Waals surface area contributed by atoms with Crippen LogP contribution in [0.25, 0.3) is 16.9 Å². The highest BCUT2D eigenvalue weighted by Gasteiger charge is 2.19. The number of nitrogens with zero attached hydrogens (tertiary/aromatic N) is 3. The molecule has 0 aliphatic heterocycles. The van der Waals surface area contributed by atoms with Crippen molar-refractivity contribution in [2.45, 2.75) is 20.3 Å². The Morgan fingerprint density at radius 1 is 1.21 bits per heavy atom. The highest BCUT2D eigenvalue weighted by atomic mass is 32.1. The summed E-state index contributed by atoms with van der Waals surface area (Å²) >= 11 is 1.40. The van der Waals surface area contributed by atoms with Crippen molar-refractivity contribution in [3.63, 3.8) is 0 Å². The number of ether oxygens (including phenoxy) is 1. The van der Waals surface area contributed by atoms with E-state index in [2.05, 4.69) is 46.5 Å². The number of hydrogen-bond acceptors (Lipinski definition) is 5. The summed E-state index contributed by atoms with van der Waals surface area (Å²) in [6.45, 7) is 3.94. The van der Waals surface area contributed by atoms with Crippen LogP contribution >= 0.6 is 11.3 Å². The summed E-state index contributed by atoms with van der Waals surface area (Å²) < 4.78 is 7.07. The topological polar surface area (TPSA) is 68.5 Å². The fourth-order valence-electron chi connectivity index (χ4n) is 3.12. The van der Waals surface area contributed by atoms with E-state index < -0.39 is 0 Å². The smallest absolute Gasteiger partial charge is 0.276 e. The van der Waals surface area contributed by atoms with Gasteiger partial charge in [-0.05, 0) is 31.0 Å². The van der Waals surface area contributed by atoms with E-state index in [4.69, 9.17) is 4.74 Å². The number of hydrogen-bond donors (Lipinski definition) is 1. The molecular weight excluding hydrogens is 372 g/mol. The van der Waals surface area contributed by atoms with Gasteiger partial charge in [0.25, 0.3) is 5.91 Å². The largest absolute Gasteiger partial charge is 0.493 e. The number of carbonyl (C=O) groups excluding carboxylic acids is 1. The van der Waals surface area contributed by atoms with Crippen molar-refractivity contribution in [3.8, 4) is 17.0 Å². The van der Waals surface area contributed by atoms with Crippen LogP contribution in [0.1, 0.15) is 28.7 Å². The van der Waals surface area contributed by atoms with Crippen LogP contribution in [0.2, 0.25) is 0 Å². The molecular formula is C21H20N4O2S. The van der Waals surface area contributed by atoms with E-state index in [0.29, 0.717) is 27.9 Å². The summed E-state index contributed by atoms with van der Waals surface area (Å²) in [7, 11) is 1.59. The average molecular weight is 392 g/mol. The number of benzene rings is 1. The zero-order chi connectivity index (χ0) is 19.7. The van der Waals surface area contributed by atoms with Gasteiger partial charge in [0.15, 0.2) is 16.5 Å². The Hall–Kier alpha value is -3.19. The number of pyridine rings is 1. The Labute approximate surface area is 166 Å². The molecule has 0 spiro atoms. The first-order valence-electron chi connectivity index (χ1n) is 8.98. The van der Waals surface area contributed by atoms with E-state index in [-0.39, 0.29) is 5.91 Å². The number of imidazole rings is 1. The summed E-state index contributed by atoms with van der Waals surface area (Å²) in [4.78, 5) is 21.9. The first-order chi connectivity index (χ1) is 13.6.